The quantitative estimate of drug-likeness (QED) is 0.336. The van der Waals surface area contributed by atoms with E-state index in [2.05, 4.69) is 0 Å². The Hall–Kier alpha value is -4.20. The molecule has 3 heterocycles. The van der Waals surface area contributed by atoms with Gasteiger partial charge in [0, 0.05) is 5.56 Å². The van der Waals surface area contributed by atoms with Gasteiger partial charge in [0.2, 0.25) is 0 Å². The molecule has 2 aliphatic heterocycles. The maximum Gasteiger partial charge on any atom is 0.296 e. The number of carbonyl (C=O) groups excluding carboxylic acids is 2. The van der Waals surface area contributed by atoms with Gasteiger partial charge in [-0.25, -0.2) is 0 Å². The average Bonchev–Trinajstić information content (AvgIpc) is 3.46. The fraction of sp³-hybridized carbons (Fsp3) is 0.231. The Kier molecular flexibility index (Phi) is 5.71. The van der Waals surface area contributed by atoms with Crippen LogP contribution in [0.15, 0.2) is 70.9 Å². The maximum absolute atomic E-state index is 13.2. The number of rotatable bonds is 6. The molecular weight excluding hydrogens is 438 g/mol. The largest absolute Gasteiger partial charge is 0.507 e. The zero-order chi connectivity index (χ0) is 23.7. The summed E-state index contributed by atoms with van der Waals surface area (Å²) >= 11 is 0. The van der Waals surface area contributed by atoms with E-state index in [1.165, 1.54) is 11.2 Å². The minimum Gasteiger partial charge on any atom is -0.507 e. The van der Waals surface area contributed by atoms with Crippen molar-refractivity contribution in [1.29, 1.82) is 0 Å². The van der Waals surface area contributed by atoms with Gasteiger partial charge in [0.15, 0.2) is 11.5 Å². The van der Waals surface area contributed by atoms with Crippen LogP contribution in [0.2, 0.25) is 0 Å². The van der Waals surface area contributed by atoms with Gasteiger partial charge in [-0.3, -0.25) is 9.59 Å². The average molecular weight is 461 g/mol. The van der Waals surface area contributed by atoms with Crippen LogP contribution in [0.25, 0.3) is 5.76 Å². The third kappa shape index (κ3) is 3.87. The van der Waals surface area contributed by atoms with E-state index in [-0.39, 0.29) is 17.9 Å². The highest BCUT2D eigenvalue weighted by Crippen LogP contribution is 2.42. The number of furan rings is 1. The van der Waals surface area contributed by atoms with Gasteiger partial charge >= 0.3 is 0 Å². The Bertz CT molecular complexity index is 1260. The molecule has 0 radical (unpaired) electrons. The second-order valence-electron chi connectivity index (χ2n) is 7.87. The molecule has 0 spiro atoms. The normalized spacial score (nSPS) is 18.9. The highest BCUT2D eigenvalue weighted by molar-refractivity contribution is 6.46. The molecule has 8 heteroatoms. The molecule has 1 amide bonds. The van der Waals surface area contributed by atoms with E-state index in [0.29, 0.717) is 54.0 Å². The van der Waals surface area contributed by atoms with Crippen LogP contribution in [0.1, 0.15) is 29.9 Å². The monoisotopic (exact) mass is 461 g/mol. The fourth-order valence-corrected chi connectivity index (χ4v) is 4.25. The number of hydrogen-bond donors (Lipinski definition) is 1. The van der Waals surface area contributed by atoms with Crippen molar-refractivity contribution in [1.82, 2.24) is 4.90 Å². The molecule has 0 saturated carbocycles. The highest BCUT2D eigenvalue weighted by Gasteiger charge is 2.46. The number of aliphatic hydroxyl groups excluding tert-OH is 1. The van der Waals surface area contributed by atoms with Crippen LogP contribution in [0, 0.1) is 0 Å². The SMILES string of the molecule is CCOc1cccc([C@H]2C(=C(O)c3ccc4c(c3)OCCO4)C(=O)C(=O)N2Cc2ccco2)c1. The van der Waals surface area contributed by atoms with Gasteiger partial charge in [0.25, 0.3) is 11.7 Å². The van der Waals surface area contributed by atoms with E-state index in [9.17, 15) is 14.7 Å². The molecule has 1 saturated heterocycles. The number of Topliss-reactive ketones (excluding diaryl/α,β-unsaturated/α-hetero) is 1. The molecule has 2 aromatic carbocycles. The van der Waals surface area contributed by atoms with E-state index in [1.54, 1.807) is 54.6 Å². The summed E-state index contributed by atoms with van der Waals surface area (Å²) in [5.74, 6) is 0.365. The molecule has 0 unspecified atom stereocenters. The number of aliphatic hydroxyl groups is 1. The number of likely N-dealkylation sites (tertiary alicyclic amines) is 1. The van der Waals surface area contributed by atoms with Gasteiger partial charge in [-0.05, 0) is 55.0 Å². The number of amides is 1. The number of ether oxygens (including phenoxy) is 3. The lowest BCUT2D eigenvalue weighted by Crippen LogP contribution is -2.29. The van der Waals surface area contributed by atoms with Gasteiger partial charge in [-0.2, -0.15) is 0 Å². The van der Waals surface area contributed by atoms with E-state index >= 15 is 0 Å². The van der Waals surface area contributed by atoms with Crippen LogP contribution in [0.3, 0.4) is 0 Å². The summed E-state index contributed by atoms with van der Waals surface area (Å²) in [6.07, 6.45) is 1.51. The minimum atomic E-state index is -0.835. The van der Waals surface area contributed by atoms with Crippen molar-refractivity contribution in [3.05, 3.63) is 83.3 Å². The molecule has 0 bridgehead atoms. The third-order valence-corrected chi connectivity index (χ3v) is 5.75. The lowest BCUT2D eigenvalue weighted by atomic mass is 9.95. The Morgan fingerprint density at radius 2 is 1.88 bits per heavy atom. The van der Waals surface area contributed by atoms with Crippen LogP contribution in [0.4, 0.5) is 0 Å². The van der Waals surface area contributed by atoms with E-state index in [1.807, 2.05) is 6.92 Å². The molecule has 1 N–H and O–H groups in total. The maximum atomic E-state index is 13.2. The summed E-state index contributed by atoms with van der Waals surface area (Å²) in [7, 11) is 0. The van der Waals surface area contributed by atoms with Crippen LogP contribution in [-0.4, -0.2) is 41.5 Å². The van der Waals surface area contributed by atoms with Gasteiger partial charge in [0.05, 0.1) is 31.0 Å². The first kappa shape index (κ1) is 21.6. The predicted molar refractivity (Wildman–Crippen MR) is 122 cm³/mol. The summed E-state index contributed by atoms with van der Waals surface area (Å²) < 4.78 is 22.2. The van der Waals surface area contributed by atoms with Crippen LogP contribution < -0.4 is 14.2 Å². The molecule has 3 aromatic rings. The van der Waals surface area contributed by atoms with Crippen LogP contribution in [0.5, 0.6) is 17.2 Å². The van der Waals surface area contributed by atoms with Crippen molar-refractivity contribution in [3.8, 4) is 17.2 Å². The third-order valence-electron chi connectivity index (χ3n) is 5.75. The van der Waals surface area contributed by atoms with E-state index < -0.39 is 17.7 Å². The number of benzene rings is 2. The lowest BCUT2D eigenvalue weighted by Gasteiger charge is -2.25. The molecule has 5 rings (SSSR count). The Morgan fingerprint density at radius 1 is 1.06 bits per heavy atom. The summed E-state index contributed by atoms with van der Waals surface area (Å²) in [4.78, 5) is 27.7. The highest BCUT2D eigenvalue weighted by atomic mass is 16.6. The molecule has 1 atom stereocenters. The van der Waals surface area contributed by atoms with Crippen molar-refractivity contribution in [2.75, 3.05) is 19.8 Å². The summed E-state index contributed by atoms with van der Waals surface area (Å²) in [6, 6.07) is 14.7. The van der Waals surface area contributed by atoms with E-state index in [4.69, 9.17) is 18.6 Å². The lowest BCUT2D eigenvalue weighted by molar-refractivity contribution is -0.140. The van der Waals surface area contributed by atoms with Gasteiger partial charge in [-0.1, -0.05) is 12.1 Å². The number of ketones is 1. The molecule has 174 valence electrons. The first-order valence-electron chi connectivity index (χ1n) is 11.0. The van der Waals surface area contributed by atoms with Crippen LogP contribution in [-0.2, 0) is 16.1 Å². The van der Waals surface area contributed by atoms with Gasteiger partial charge in [0.1, 0.15) is 30.5 Å². The van der Waals surface area contributed by atoms with Gasteiger partial charge in [-0.15, -0.1) is 0 Å². The zero-order valence-electron chi connectivity index (χ0n) is 18.5. The minimum absolute atomic E-state index is 0.0121. The predicted octanol–water partition coefficient (Wildman–Crippen LogP) is 4.07. The van der Waals surface area contributed by atoms with Crippen molar-refractivity contribution < 1.29 is 33.3 Å². The molecule has 2 aliphatic rings. The summed E-state index contributed by atoms with van der Waals surface area (Å²) in [5.41, 5.74) is 0.976. The topological polar surface area (TPSA) is 98.4 Å². The summed E-state index contributed by atoms with van der Waals surface area (Å²) in [5, 5.41) is 11.3. The van der Waals surface area contributed by atoms with Gasteiger partial charge < -0.3 is 28.6 Å². The first-order chi connectivity index (χ1) is 16.6. The van der Waals surface area contributed by atoms with Crippen molar-refractivity contribution in [3.63, 3.8) is 0 Å². The number of hydrogen-bond acceptors (Lipinski definition) is 7. The second-order valence-corrected chi connectivity index (χ2v) is 7.87. The summed E-state index contributed by atoms with van der Waals surface area (Å²) in [6.45, 7) is 3.23. The Morgan fingerprint density at radius 3 is 2.65 bits per heavy atom. The Labute approximate surface area is 196 Å². The standard InChI is InChI=1S/C26H23NO7/c1-2-31-18-6-3-5-16(13-18)23-22(25(29)26(30)27(23)15-19-7-4-10-32-19)24(28)17-8-9-20-21(14-17)34-12-11-33-20/h3-10,13-14,23,28H,2,11-12,15H2,1H3/t23-/m0/s1. The van der Waals surface area contributed by atoms with Crippen molar-refractivity contribution >= 4 is 17.4 Å². The fourth-order valence-electron chi connectivity index (χ4n) is 4.25. The molecule has 1 fully saturated rings. The molecular formula is C26H23NO7. The molecule has 34 heavy (non-hydrogen) atoms. The Balaban J connectivity index is 1.63. The van der Waals surface area contributed by atoms with Crippen molar-refractivity contribution in [2.45, 2.75) is 19.5 Å². The molecule has 8 nitrogen and oxygen atoms in total. The second kappa shape index (κ2) is 8.97. The number of nitrogens with zero attached hydrogens (tertiary/aromatic N) is 1. The number of fused-ring (bicyclic) bond motifs is 1. The van der Waals surface area contributed by atoms with E-state index in [0.717, 1.165) is 0 Å². The molecule has 1 aromatic heterocycles. The first-order valence-corrected chi connectivity index (χ1v) is 11.0. The number of carbonyl (C=O) groups is 2. The zero-order valence-corrected chi connectivity index (χ0v) is 18.5. The van der Waals surface area contributed by atoms with Crippen molar-refractivity contribution in [2.24, 2.45) is 0 Å². The smallest absolute Gasteiger partial charge is 0.296 e. The molecule has 0 aliphatic carbocycles. The van der Waals surface area contributed by atoms with Crippen LogP contribution >= 0.6 is 0 Å².